The van der Waals surface area contributed by atoms with E-state index in [2.05, 4.69) is 19.9 Å². The molecule has 0 aromatic carbocycles. The van der Waals surface area contributed by atoms with Crippen LogP contribution in [0.4, 0.5) is 0 Å². The number of esters is 1. The third kappa shape index (κ3) is 6.75. The molecule has 1 aliphatic heterocycles. The molecule has 3 aliphatic carbocycles. The summed E-state index contributed by atoms with van der Waals surface area (Å²) in [6, 6.07) is 2.21. The van der Waals surface area contributed by atoms with Crippen molar-refractivity contribution in [3.05, 3.63) is 9.81 Å². The van der Waals surface area contributed by atoms with E-state index in [1.165, 1.54) is 77.0 Å². The second kappa shape index (κ2) is 12.4. The van der Waals surface area contributed by atoms with Crippen LogP contribution in [0.25, 0.3) is 0 Å². The van der Waals surface area contributed by atoms with Gasteiger partial charge < -0.3 is 4.74 Å². The Hall–Kier alpha value is -0.600. The maximum atomic E-state index is 12.9. The largest absolute Gasteiger partial charge is 0.458 e. The summed E-state index contributed by atoms with van der Waals surface area (Å²) < 4.78 is 6.81. The number of carbonyl (C=O) groups is 1. The summed E-state index contributed by atoms with van der Waals surface area (Å²) in [6.07, 6.45) is 17.9. The molecule has 0 aromatic rings. The SMILES string of the molecule is CCCC1CCC(C2CS/C(=C(\C#N)C(=O)OC3CCC(C4CCC(C)CC4)CC3)S2)CC1. The van der Waals surface area contributed by atoms with Gasteiger partial charge in [0.2, 0.25) is 0 Å². The summed E-state index contributed by atoms with van der Waals surface area (Å²) in [4.78, 5) is 12.9. The fourth-order valence-electron chi connectivity index (χ4n) is 6.80. The molecule has 1 atom stereocenters. The van der Waals surface area contributed by atoms with Crippen LogP contribution in [-0.2, 0) is 9.53 Å². The molecule has 5 heteroatoms. The number of nitriles is 1. The Balaban J connectivity index is 1.24. The number of hydrogen-bond donors (Lipinski definition) is 0. The average molecular weight is 490 g/mol. The van der Waals surface area contributed by atoms with E-state index in [0.717, 1.165) is 52.4 Å². The van der Waals surface area contributed by atoms with Gasteiger partial charge in [0, 0.05) is 11.0 Å². The van der Waals surface area contributed by atoms with E-state index in [9.17, 15) is 10.1 Å². The zero-order valence-corrected chi connectivity index (χ0v) is 22.4. The van der Waals surface area contributed by atoms with E-state index in [4.69, 9.17) is 4.74 Å². The molecule has 1 unspecified atom stereocenters. The lowest BCUT2D eigenvalue weighted by atomic mass is 9.71. The Kier molecular flexibility index (Phi) is 9.57. The van der Waals surface area contributed by atoms with Crippen LogP contribution in [0.3, 0.4) is 0 Å². The molecule has 4 aliphatic rings. The van der Waals surface area contributed by atoms with Gasteiger partial charge in [-0.15, -0.1) is 23.5 Å². The van der Waals surface area contributed by atoms with E-state index in [0.29, 0.717) is 5.25 Å². The number of hydrogen-bond acceptors (Lipinski definition) is 5. The van der Waals surface area contributed by atoms with E-state index in [-0.39, 0.29) is 17.6 Å². The minimum absolute atomic E-state index is 0.00116. The van der Waals surface area contributed by atoms with Gasteiger partial charge in [0.05, 0.1) is 4.24 Å². The van der Waals surface area contributed by atoms with Gasteiger partial charge in [0.1, 0.15) is 12.2 Å². The van der Waals surface area contributed by atoms with Crippen molar-refractivity contribution >= 4 is 29.5 Å². The van der Waals surface area contributed by atoms with Crippen LogP contribution < -0.4 is 0 Å². The van der Waals surface area contributed by atoms with Crippen molar-refractivity contribution < 1.29 is 9.53 Å². The topological polar surface area (TPSA) is 50.1 Å². The standard InChI is InChI=1S/C28H43NO2S2/c1-3-4-20-7-11-23(12-8-20)26-18-32-28(33-26)25(17-29)27(30)31-24-15-13-22(14-16-24)21-9-5-19(2)6-10-21/h19-24,26H,3-16,18H2,1-2H3/b28-25-. The second-order valence-corrected chi connectivity index (χ2v) is 13.8. The molecule has 3 saturated carbocycles. The fraction of sp³-hybridized carbons (Fsp3) is 0.857. The lowest BCUT2D eigenvalue weighted by Crippen LogP contribution is -2.29. The van der Waals surface area contributed by atoms with Gasteiger partial charge in [0.25, 0.3) is 0 Å². The third-order valence-corrected chi connectivity index (χ3v) is 12.1. The van der Waals surface area contributed by atoms with Crippen molar-refractivity contribution in [3.8, 4) is 6.07 Å². The molecule has 4 rings (SSSR count). The normalized spacial score (nSPS) is 39.0. The molecular weight excluding hydrogens is 446 g/mol. The van der Waals surface area contributed by atoms with Crippen molar-refractivity contribution in [2.24, 2.45) is 29.6 Å². The molecule has 0 spiro atoms. The Morgan fingerprint density at radius 1 is 0.939 bits per heavy atom. The summed E-state index contributed by atoms with van der Waals surface area (Å²) in [5.74, 6) is 4.93. The molecule has 1 saturated heterocycles. The zero-order chi connectivity index (χ0) is 23.2. The van der Waals surface area contributed by atoms with Crippen molar-refractivity contribution in [1.82, 2.24) is 0 Å². The monoisotopic (exact) mass is 489 g/mol. The molecule has 0 radical (unpaired) electrons. The molecule has 0 N–H and O–H groups in total. The first-order valence-electron chi connectivity index (χ1n) is 13.7. The van der Waals surface area contributed by atoms with E-state index < -0.39 is 0 Å². The number of ether oxygens (including phenoxy) is 1. The number of rotatable bonds is 6. The zero-order valence-electron chi connectivity index (χ0n) is 20.7. The van der Waals surface area contributed by atoms with Crippen molar-refractivity contribution in [2.75, 3.05) is 5.75 Å². The highest BCUT2D eigenvalue weighted by Crippen LogP contribution is 2.50. The summed E-state index contributed by atoms with van der Waals surface area (Å²) in [6.45, 7) is 4.67. The van der Waals surface area contributed by atoms with Crippen LogP contribution in [0.5, 0.6) is 0 Å². The molecule has 184 valence electrons. The maximum absolute atomic E-state index is 12.9. The Morgan fingerprint density at radius 3 is 2.15 bits per heavy atom. The highest BCUT2D eigenvalue weighted by Gasteiger charge is 2.36. The van der Waals surface area contributed by atoms with Crippen LogP contribution in [0.15, 0.2) is 9.81 Å². The summed E-state index contributed by atoms with van der Waals surface area (Å²) in [7, 11) is 0. The first kappa shape index (κ1) is 25.5. The van der Waals surface area contributed by atoms with Crippen LogP contribution in [-0.4, -0.2) is 23.1 Å². The van der Waals surface area contributed by atoms with Gasteiger partial charge in [0.15, 0.2) is 5.57 Å². The molecule has 1 heterocycles. The van der Waals surface area contributed by atoms with Crippen molar-refractivity contribution in [2.45, 2.75) is 115 Å². The average Bonchev–Trinajstić information content (AvgIpc) is 3.31. The second-order valence-electron chi connectivity index (χ2n) is 11.3. The van der Waals surface area contributed by atoms with Crippen molar-refractivity contribution in [3.63, 3.8) is 0 Å². The number of nitrogens with zero attached hydrogens (tertiary/aromatic N) is 1. The minimum Gasteiger partial charge on any atom is -0.458 e. The van der Waals surface area contributed by atoms with Crippen molar-refractivity contribution in [1.29, 1.82) is 5.26 Å². The van der Waals surface area contributed by atoms with Crippen LogP contribution in [0, 0.1) is 40.9 Å². The predicted molar refractivity (Wildman–Crippen MR) is 140 cm³/mol. The van der Waals surface area contributed by atoms with Crippen LogP contribution in [0.1, 0.15) is 104 Å². The van der Waals surface area contributed by atoms with Gasteiger partial charge >= 0.3 is 5.97 Å². The fourth-order valence-corrected chi connectivity index (χ4v) is 9.97. The maximum Gasteiger partial charge on any atom is 0.350 e. The molecule has 0 amide bonds. The molecule has 3 nitrogen and oxygen atoms in total. The molecule has 33 heavy (non-hydrogen) atoms. The highest BCUT2D eigenvalue weighted by atomic mass is 32.2. The quantitative estimate of drug-likeness (QED) is 0.214. The number of carbonyl (C=O) groups excluding carboxylic acids is 1. The number of thioether (sulfide) groups is 2. The van der Waals surface area contributed by atoms with E-state index in [1.54, 1.807) is 23.5 Å². The first-order valence-corrected chi connectivity index (χ1v) is 15.6. The smallest absolute Gasteiger partial charge is 0.350 e. The van der Waals surface area contributed by atoms with Gasteiger partial charge in [-0.3, -0.25) is 0 Å². The highest BCUT2D eigenvalue weighted by molar-refractivity contribution is 8.25. The Morgan fingerprint density at radius 2 is 1.55 bits per heavy atom. The summed E-state index contributed by atoms with van der Waals surface area (Å²) >= 11 is 3.51. The summed E-state index contributed by atoms with van der Waals surface area (Å²) in [5, 5.41) is 10.3. The lowest BCUT2D eigenvalue weighted by Gasteiger charge is -2.37. The van der Waals surface area contributed by atoms with Gasteiger partial charge in [-0.25, -0.2) is 4.79 Å². The Bertz CT molecular complexity index is 721. The van der Waals surface area contributed by atoms with E-state index >= 15 is 0 Å². The minimum atomic E-state index is -0.366. The van der Waals surface area contributed by atoms with Crippen LogP contribution in [0.2, 0.25) is 0 Å². The van der Waals surface area contributed by atoms with Gasteiger partial charge in [-0.2, -0.15) is 5.26 Å². The Labute approximate surface area is 210 Å². The molecular formula is C28H43NO2S2. The lowest BCUT2D eigenvalue weighted by molar-refractivity contribution is -0.145. The third-order valence-electron chi connectivity index (χ3n) is 8.99. The summed E-state index contributed by atoms with van der Waals surface area (Å²) in [5.41, 5.74) is 0.274. The predicted octanol–water partition coefficient (Wildman–Crippen LogP) is 8.10. The molecule has 4 fully saturated rings. The van der Waals surface area contributed by atoms with E-state index in [1.807, 2.05) is 0 Å². The first-order chi connectivity index (χ1) is 16.1. The van der Waals surface area contributed by atoms with Crippen LogP contribution >= 0.6 is 23.5 Å². The van der Waals surface area contributed by atoms with Gasteiger partial charge in [-0.05, 0) is 81.0 Å². The van der Waals surface area contributed by atoms with Gasteiger partial charge in [-0.1, -0.05) is 52.4 Å². The molecule has 0 bridgehead atoms. The molecule has 0 aromatic heterocycles.